The van der Waals surface area contributed by atoms with Crippen molar-refractivity contribution in [2.45, 2.75) is 18.6 Å². The van der Waals surface area contributed by atoms with E-state index < -0.39 is 0 Å². The van der Waals surface area contributed by atoms with Crippen molar-refractivity contribution in [2.24, 2.45) is 0 Å². The van der Waals surface area contributed by atoms with E-state index in [1.165, 1.54) is 6.20 Å². The largest absolute Gasteiger partial charge is 0.374 e. The van der Waals surface area contributed by atoms with E-state index in [2.05, 4.69) is 15.4 Å². The zero-order valence-electron chi connectivity index (χ0n) is 7.51. The highest BCUT2D eigenvalue weighted by molar-refractivity contribution is 5.92. The molecule has 1 aromatic rings. The maximum absolute atomic E-state index is 11.8. The first kappa shape index (κ1) is 7.93. The Morgan fingerprint density at radius 1 is 1.71 bits per heavy atom. The minimum Gasteiger partial charge on any atom is -0.374 e. The van der Waals surface area contributed by atoms with Gasteiger partial charge in [0.2, 0.25) is 0 Å². The quantitative estimate of drug-likeness (QED) is 0.649. The zero-order chi connectivity index (χ0) is 9.54. The van der Waals surface area contributed by atoms with E-state index in [1.807, 2.05) is 4.90 Å². The summed E-state index contributed by atoms with van der Waals surface area (Å²) in [5, 5.41) is 9.84. The van der Waals surface area contributed by atoms with Crippen LogP contribution in [-0.4, -0.2) is 51.5 Å². The predicted octanol–water partition coefficient (Wildman–Crippen LogP) is -0.582. The monoisotopic (exact) mass is 194 g/mol. The number of hydrogen-bond acceptors (Lipinski definition) is 4. The summed E-state index contributed by atoms with van der Waals surface area (Å²) < 4.78 is 5.41. The Balaban J connectivity index is 1.81. The van der Waals surface area contributed by atoms with Crippen LogP contribution in [-0.2, 0) is 4.74 Å². The summed E-state index contributed by atoms with van der Waals surface area (Å²) in [6.45, 7) is 1.35. The minimum absolute atomic E-state index is 0.0467. The number of H-pyrrole nitrogens is 1. The molecule has 74 valence electrons. The van der Waals surface area contributed by atoms with Gasteiger partial charge < -0.3 is 9.64 Å². The molecule has 1 aromatic heterocycles. The number of carbonyl (C=O) groups excluding carboxylic acids is 1. The fourth-order valence-corrected chi connectivity index (χ4v) is 2.10. The Kier molecular flexibility index (Phi) is 1.57. The number of fused-ring (bicyclic) bond motifs is 2. The third kappa shape index (κ3) is 1.04. The Hall–Kier alpha value is -1.43. The van der Waals surface area contributed by atoms with Gasteiger partial charge in [-0.25, -0.2) is 0 Å². The summed E-state index contributed by atoms with van der Waals surface area (Å²) in [6, 6.07) is 0.240. The summed E-state index contributed by atoms with van der Waals surface area (Å²) in [5.74, 6) is -0.0467. The smallest absolute Gasteiger partial charge is 0.276 e. The fourth-order valence-electron chi connectivity index (χ4n) is 2.10. The molecule has 1 amide bonds. The number of aromatic nitrogens is 3. The van der Waals surface area contributed by atoms with Crippen LogP contribution in [0.25, 0.3) is 0 Å². The molecule has 2 aliphatic heterocycles. The number of nitrogens with one attached hydrogen (secondary N) is 1. The first-order valence-electron chi connectivity index (χ1n) is 4.63. The number of aromatic amines is 1. The second-order valence-electron chi connectivity index (χ2n) is 3.66. The minimum atomic E-state index is -0.0467. The lowest BCUT2D eigenvalue weighted by molar-refractivity contribution is 0.0255. The number of amides is 1. The van der Waals surface area contributed by atoms with Gasteiger partial charge in [-0.3, -0.25) is 4.79 Å². The average Bonchev–Trinajstić information content (AvgIpc) is 2.93. The number of hydrogen-bond donors (Lipinski definition) is 1. The van der Waals surface area contributed by atoms with Gasteiger partial charge in [0, 0.05) is 6.54 Å². The molecule has 2 bridgehead atoms. The van der Waals surface area contributed by atoms with Crippen molar-refractivity contribution < 1.29 is 9.53 Å². The first-order valence-corrected chi connectivity index (χ1v) is 4.63. The Labute approximate surface area is 80.2 Å². The molecule has 0 aromatic carbocycles. The van der Waals surface area contributed by atoms with Crippen LogP contribution in [0, 0.1) is 0 Å². The molecule has 3 rings (SSSR count). The summed E-state index contributed by atoms with van der Waals surface area (Å²) in [5.41, 5.74) is 0.387. The molecule has 2 saturated heterocycles. The lowest BCUT2D eigenvalue weighted by atomic mass is 10.2. The number of ether oxygens (including phenoxy) is 1. The number of likely N-dealkylation sites (tertiary alicyclic amines) is 1. The van der Waals surface area contributed by atoms with Gasteiger partial charge in [-0.15, -0.1) is 0 Å². The summed E-state index contributed by atoms with van der Waals surface area (Å²) in [4.78, 5) is 13.7. The maximum atomic E-state index is 11.8. The van der Waals surface area contributed by atoms with Gasteiger partial charge in [-0.05, 0) is 6.42 Å². The highest BCUT2D eigenvalue weighted by atomic mass is 16.5. The molecule has 2 fully saturated rings. The van der Waals surface area contributed by atoms with Crippen molar-refractivity contribution in [1.82, 2.24) is 20.3 Å². The van der Waals surface area contributed by atoms with Crippen LogP contribution in [0.5, 0.6) is 0 Å². The summed E-state index contributed by atoms with van der Waals surface area (Å²) in [6.07, 6.45) is 2.65. The van der Waals surface area contributed by atoms with Gasteiger partial charge >= 0.3 is 0 Å². The SMILES string of the molecule is O=C(c1cn[nH]n1)N1CC2CC1CO2. The van der Waals surface area contributed by atoms with Crippen molar-refractivity contribution in [2.75, 3.05) is 13.2 Å². The average molecular weight is 194 g/mol. The van der Waals surface area contributed by atoms with E-state index in [1.54, 1.807) is 0 Å². The molecule has 6 nitrogen and oxygen atoms in total. The molecular formula is C8H10N4O2. The van der Waals surface area contributed by atoms with Crippen molar-refractivity contribution in [3.05, 3.63) is 11.9 Å². The lowest BCUT2D eigenvalue weighted by Crippen LogP contribution is -2.41. The van der Waals surface area contributed by atoms with Gasteiger partial charge in [0.25, 0.3) is 5.91 Å². The van der Waals surface area contributed by atoms with Gasteiger partial charge in [0.15, 0.2) is 5.69 Å². The standard InChI is InChI=1S/C8H10N4O2/c13-8(7-2-9-11-10-7)12-3-6-1-5(12)4-14-6/h2,5-6H,1,3-4H2,(H,9,10,11). The van der Waals surface area contributed by atoms with Crippen molar-refractivity contribution in [3.8, 4) is 0 Å². The second kappa shape index (κ2) is 2.78. The molecule has 2 unspecified atom stereocenters. The van der Waals surface area contributed by atoms with Crippen molar-refractivity contribution in [1.29, 1.82) is 0 Å². The van der Waals surface area contributed by atoms with Gasteiger partial charge in [0.05, 0.1) is 24.9 Å². The van der Waals surface area contributed by atoms with E-state index in [-0.39, 0.29) is 18.1 Å². The topological polar surface area (TPSA) is 71.1 Å². The lowest BCUT2D eigenvalue weighted by Gasteiger charge is -2.25. The van der Waals surface area contributed by atoms with E-state index in [0.717, 1.165) is 6.42 Å². The van der Waals surface area contributed by atoms with Crippen LogP contribution in [0.4, 0.5) is 0 Å². The predicted molar refractivity (Wildman–Crippen MR) is 45.6 cm³/mol. The molecule has 6 heteroatoms. The first-order chi connectivity index (χ1) is 6.84. The van der Waals surface area contributed by atoms with Gasteiger partial charge in [-0.2, -0.15) is 15.4 Å². The number of carbonyl (C=O) groups is 1. The number of morpholine rings is 1. The summed E-state index contributed by atoms with van der Waals surface area (Å²) in [7, 11) is 0. The molecule has 0 aliphatic carbocycles. The van der Waals surface area contributed by atoms with Crippen LogP contribution in [0.3, 0.4) is 0 Å². The number of rotatable bonds is 1. The second-order valence-corrected chi connectivity index (χ2v) is 3.66. The van der Waals surface area contributed by atoms with E-state index in [4.69, 9.17) is 4.74 Å². The van der Waals surface area contributed by atoms with Crippen LogP contribution in [0.1, 0.15) is 16.9 Å². The molecule has 0 radical (unpaired) electrons. The Morgan fingerprint density at radius 3 is 3.21 bits per heavy atom. The Morgan fingerprint density at radius 2 is 2.64 bits per heavy atom. The Bertz CT molecular complexity index is 350. The van der Waals surface area contributed by atoms with Gasteiger partial charge in [0.1, 0.15) is 0 Å². The highest BCUT2D eigenvalue weighted by Gasteiger charge is 2.42. The highest BCUT2D eigenvalue weighted by Crippen LogP contribution is 2.28. The molecule has 3 heterocycles. The van der Waals surface area contributed by atoms with Crippen LogP contribution < -0.4 is 0 Å². The summed E-state index contributed by atoms with van der Waals surface area (Å²) >= 11 is 0. The molecule has 14 heavy (non-hydrogen) atoms. The number of nitrogens with zero attached hydrogens (tertiary/aromatic N) is 3. The third-order valence-electron chi connectivity index (χ3n) is 2.80. The third-order valence-corrected chi connectivity index (χ3v) is 2.80. The van der Waals surface area contributed by atoms with E-state index in [9.17, 15) is 4.79 Å². The molecule has 2 aliphatic rings. The normalized spacial score (nSPS) is 29.9. The van der Waals surface area contributed by atoms with E-state index in [0.29, 0.717) is 18.8 Å². The van der Waals surface area contributed by atoms with Crippen molar-refractivity contribution in [3.63, 3.8) is 0 Å². The maximum Gasteiger partial charge on any atom is 0.276 e. The van der Waals surface area contributed by atoms with Crippen LogP contribution in [0.2, 0.25) is 0 Å². The molecule has 0 spiro atoms. The van der Waals surface area contributed by atoms with Gasteiger partial charge in [-0.1, -0.05) is 0 Å². The molecular weight excluding hydrogens is 184 g/mol. The van der Waals surface area contributed by atoms with Crippen molar-refractivity contribution >= 4 is 5.91 Å². The van der Waals surface area contributed by atoms with Crippen LogP contribution >= 0.6 is 0 Å². The molecule has 2 atom stereocenters. The zero-order valence-corrected chi connectivity index (χ0v) is 7.51. The molecule has 1 N–H and O–H groups in total. The van der Waals surface area contributed by atoms with E-state index >= 15 is 0 Å². The fraction of sp³-hybridized carbons (Fsp3) is 0.625. The molecule has 0 saturated carbocycles. The van der Waals surface area contributed by atoms with Crippen LogP contribution in [0.15, 0.2) is 6.20 Å².